The van der Waals surface area contributed by atoms with Crippen molar-refractivity contribution in [3.63, 3.8) is 0 Å². The van der Waals surface area contributed by atoms with Gasteiger partial charge in [-0.25, -0.2) is 9.78 Å². The zero-order valence-corrected chi connectivity index (χ0v) is 10.3. The molecule has 1 N–H and O–H groups in total. The van der Waals surface area contributed by atoms with Crippen molar-refractivity contribution in [2.45, 2.75) is 45.1 Å². The summed E-state index contributed by atoms with van der Waals surface area (Å²) in [6.07, 6.45) is 2.01. The van der Waals surface area contributed by atoms with Crippen molar-refractivity contribution in [2.24, 2.45) is 0 Å². The topological polar surface area (TPSA) is 72.6 Å². The van der Waals surface area contributed by atoms with E-state index in [0.29, 0.717) is 12.3 Å². The molecule has 1 aromatic rings. The largest absolute Gasteiger partial charge is 0.460 e. The van der Waals surface area contributed by atoms with Crippen LogP contribution in [-0.4, -0.2) is 22.7 Å². The van der Waals surface area contributed by atoms with Crippen molar-refractivity contribution in [1.29, 1.82) is 0 Å². The Balaban J connectivity index is 2.35. The summed E-state index contributed by atoms with van der Waals surface area (Å²) in [6.45, 7) is 5.18. The minimum atomic E-state index is -1.19. The van der Waals surface area contributed by atoms with Crippen molar-refractivity contribution in [3.8, 4) is 0 Å². The van der Waals surface area contributed by atoms with Crippen LogP contribution in [0.15, 0.2) is 4.42 Å². The minimum absolute atomic E-state index is 0.145. The summed E-state index contributed by atoms with van der Waals surface area (Å²) in [5.74, 6) is 0.0839. The lowest BCUT2D eigenvalue weighted by Gasteiger charge is -2.10. The number of aliphatic hydroxyl groups is 1. The average molecular weight is 239 g/mol. The van der Waals surface area contributed by atoms with Gasteiger partial charge in [0.15, 0.2) is 0 Å². The predicted octanol–water partition coefficient (Wildman–Crippen LogP) is 1.96. The third-order valence-electron chi connectivity index (χ3n) is 2.60. The molecule has 0 atom stereocenters. The summed E-state index contributed by atoms with van der Waals surface area (Å²) < 4.78 is 10.3. The molecule has 1 aromatic heterocycles. The van der Waals surface area contributed by atoms with E-state index in [1.165, 1.54) is 0 Å². The smallest absolute Gasteiger partial charge is 0.376 e. The molecule has 0 aromatic carbocycles. The van der Waals surface area contributed by atoms with Crippen LogP contribution in [0, 0.1) is 0 Å². The fraction of sp³-hybridized carbons (Fsp3) is 0.667. The van der Waals surface area contributed by atoms with Crippen LogP contribution < -0.4 is 0 Å². The Morgan fingerprint density at radius 3 is 2.71 bits per heavy atom. The molecular weight excluding hydrogens is 222 g/mol. The molecule has 5 heteroatoms. The van der Waals surface area contributed by atoms with E-state index in [1.54, 1.807) is 20.8 Å². The number of carbonyl (C=O) groups is 1. The van der Waals surface area contributed by atoms with Crippen LogP contribution in [0.4, 0.5) is 0 Å². The monoisotopic (exact) mass is 239 g/mol. The molecule has 0 spiro atoms. The highest BCUT2D eigenvalue weighted by molar-refractivity contribution is 5.87. The number of hydrogen-bond acceptors (Lipinski definition) is 5. The van der Waals surface area contributed by atoms with Gasteiger partial charge in [0.05, 0.1) is 12.3 Å². The Morgan fingerprint density at radius 1 is 1.59 bits per heavy atom. The number of oxazole rings is 1. The molecule has 1 saturated carbocycles. The predicted molar refractivity (Wildman–Crippen MR) is 59.7 cm³/mol. The Kier molecular flexibility index (Phi) is 2.95. The third-order valence-corrected chi connectivity index (χ3v) is 2.60. The molecule has 0 amide bonds. The van der Waals surface area contributed by atoms with Crippen LogP contribution in [0.1, 0.15) is 61.7 Å². The van der Waals surface area contributed by atoms with Gasteiger partial charge in [-0.2, -0.15) is 0 Å². The molecule has 0 bridgehead atoms. The number of rotatable bonds is 4. The molecular formula is C12H17NO4. The normalized spacial score (nSPS) is 16.0. The number of nitrogens with zero attached hydrogens (tertiary/aromatic N) is 1. The molecule has 5 nitrogen and oxygen atoms in total. The van der Waals surface area contributed by atoms with Crippen LogP contribution in [0.5, 0.6) is 0 Å². The first kappa shape index (κ1) is 12.1. The third kappa shape index (κ3) is 2.49. The van der Waals surface area contributed by atoms with Gasteiger partial charge in [0.1, 0.15) is 5.60 Å². The maximum atomic E-state index is 11.7. The first-order valence-corrected chi connectivity index (χ1v) is 5.84. The number of aromatic nitrogens is 1. The van der Waals surface area contributed by atoms with E-state index >= 15 is 0 Å². The van der Waals surface area contributed by atoms with Crippen LogP contribution in [0.2, 0.25) is 0 Å². The summed E-state index contributed by atoms with van der Waals surface area (Å²) in [7, 11) is 0. The maximum Gasteiger partial charge on any atom is 0.376 e. The summed E-state index contributed by atoms with van der Waals surface area (Å²) in [5.41, 5.74) is -0.561. The second kappa shape index (κ2) is 4.14. The van der Waals surface area contributed by atoms with Crippen molar-refractivity contribution in [1.82, 2.24) is 4.98 Å². The van der Waals surface area contributed by atoms with Crippen molar-refractivity contribution < 1.29 is 19.1 Å². The van der Waals surface area contributed by atoms with Gasteiger partial charge in [0.2, 0.25) is 11.7 Å². The Morgan fingerprint density at radius 2 is 2.24 bits per heavy atom. The molecule has 0 unspecified atom stereocenters. The number of hydrogen-bond donors (Lipinski definition) is 1. The summed E-state index contributed by atoms with van der Waals surface area (Å²) >= 11 is 0. The van der Waals surface area contributed by atoms with E-state index < -0.39 is 11.6 Å². The highest BCUT2D eigenvalue weighted by atomic mass is 16.5. The molecule has 0 aliphatic heterocycles. The van der Waals surface area contributed by atoms with E-state index in [4.69, 9.17) is 9.15 Å². The Hall–Kier alpha value is -1.36. The quantitative estimate of drug-likeness (QED) is 0.813. The molecule has 2 rings (SSSR count). The SMILES string of the molecule is CCOC(=O)c1oc(C(C)(C)O)nc1C1CC1. The molecule has 0 saturated heterocycles. The number of carbonyl (C=O) groups excluding carboxylic acids is 1. The second-order valence-corrected chi connectivity index (χ2v) is 4.79. The van der Waals surface area contributed by atoms with E-state index in [-0.39, 0.29) is 17.6 Å². The lowest BCUT2D eigenvalue weighted by molar-refractivity contribution is 0.0386. The zero-order chi connectivity index (χ0) is 12.6. The fourth-order valence-corrected chi connectivity index (χ4v) is 1.57. The van der Waals surface area contributed by atoms with Crippen LogP contribution in [-0.2, 0) is 10.3 Å². The average Bonchev–Trinajstić information content (AvgIpc) is 2.95. The standard InChI is InChI=1S/C12H17NO4/c1-4-16-10(14)9-8(7-5-6-7)13-11(17-9)12(2,3)15/h7,15H,4-6H2,1-3H3. The van der Waals surface area contributed by atoms with Gasteiger partial charge in [0.25, 0.3) is 0 Å². The number of esters is 1. The van der Waals surface area contributed by atoms with Crippen LogP contribution >= 0.6 is 0 Å². The minimum Gasteiger partial charge on any atom is -0.460 e. The van der Waals surface area contributed by atoms with Gasteiger partial charge in [-0.05, 0) is 33.6 Å². The summed E-state index contributed by atoms with van der Waals surface area (Å²) in [5, 5.41) is 9.83. The molecule has 0 radical (unpaired) electrons. The molecule has 1 heterocycles. The van der Waals surface area contributed by atoms with Crippen molar-refractivity contribution in [3.05, 3.63) is 17.3 Å². The van der Waals surface area contributed by atoms with Gasteiger partial charge in [0, 0.05) is 5.92 Å². The molecule has 1 fully saturated rings. The van der Waals surface area contributed by atoms with E-state index in [1.807, 2.05) is 0 Å². The van der Waals surface area contributed by atoms with Gasteiger partial charge in [-0.3, -0.25) is 0 Å². The maximum absolute atomic E-state index is 11.7. The first-order valence-electron chi connectivity index (χ1n) is 5.84. The van der Waals surface area contributed by atoms with Crippen LogP contribution in [0.25, 0.3) is 0 Å². The van der Waals surface area contributed by atoms with Gasteiger partial charge in [-0.15, -0.1) is 0 Å². The zero-order valence-electron chi connectivity index (χ0n) is 10.3. The van der Waals surface area contributed by atoms with Crippen molar-refractivity contribution >= 4 is 5.97 Å². The van der Waals surface area contributed by atoms with E-state index in [2.05, 4.69) is 4.98 Å². The molecule has 17 heavy (non-hydrogen) atoms. The van der Waals surface area contributed by atoms with Crippen molar-refractivity contribution in [2.75, 3.05) is 6.61 Å². The second-order valence-electron chi connectivity index (χ2n) is 4.79. The lowest BCUT2D eigenvalue weighted by atomic mass is 10.1. The fourth-order valence-electron chi connectivity index (χ4n) is 1.57. The summed E-state index contributed by atoms with van der Waals surface area (Å²) in [4.78, 5) is 15.9. The highest BCUT2D eigenvalue weighted by Crippen LogP contribution is 2.42. The number of ether oxygens (including phenoxy) is 1. The summed E-state index contributed by atoms with van der Waals surface area (Å²) in [6, 6.07) is 0. The van der Waals surface area contributed by atoms with Crippen LogP contribution in [0.3, 0.4) is 0 Å². The van der Waals surface area contributed by atoms with Gasteiger partial charge in [-0.1, -0.05) is 0 Å². The van der Waals surface area contributed by atoms with Gasteiger partial charge >= 0.3 is 5.97 Å². The highest BCUT2D eigenvalue weighted by Gasteiger charge is 2.36. The Labute approximate surface area is 99.8 Å². The Bertz CT molecular complexity index is 426. The van der Waals surface area contributed by atoms with E-state index in [9.17, 15) is 9.90 Å². The van der Waals surface area contributed by atoms with Gasteiger partial charge < -0.3 is 14.3 Å². The molecule has 1 aliphatic rings. The molecule has 1 aliphatic carbocycles. The van der Waals surface area contributed by atoms with E-state index in [0.717, 1.165) is 12.8 Å². The molecule has 94 valence electrons. The first-order chi connectivity index (χ1) is 7.93. The lowest BCUT2D eigenvalue weighted by Crippen LogP contribution is -2.15.